The van der Waals surface area contributed by atoms with Crippen LogP contribution in [-0.4, -0.2) is 72.3 Å². The zero-order chi connectivity index (χ0) is 13.5. The van der Waals surface area contributed by atoms with Gasteiger partial charge in [-0.05, 0) is 24.7 Å². The van der Waals surface area contributed by atoms with Crippen molar-refractivity contribution in [1.82, 2.24) is 20.1 Å². The summed E-state index contributed by atoms with van der Waals surface area (Å²) in [4.78, 5) is 8.49. The van der Waals surface area contributed by atoms with Crippen LogP contribution in [0.2, 0.25) is 0 Å². The van der Waals surface area contributed by atoms with Gasteiger partial charge in [0.2, 0.25) is 0 Å². The highest BCUT2D eigenvalue weighted by Gasteiger charge is 2.15. The van der Waals surface area contributed by atoms with Crippen LogP contribution < -0.4 is 5.32 Å². The normalized spacial score (nSPS) is 18.7. The predicted molar refractivity (Wildman–Crippen MR) is 75.9 cm³/mol. The second-order valence-electron chi connectivity index (χ2n) is 5.26. The molecule has 5 nitrogen and oxygen atoms in total. The SMILES string of the molecule is CN(Cc1ccncc1)CC(O)CN1CCNCC1. The second kappa shape index (κ2) is 7.55. The quantitative estimate of drug-likeness (QED) is 0.744. The molecule has 1 aromatic rings. The van der Waals surface area contributed by atoms with Crippen molar-refractivity contribution in [3.05, 3.63) is 30.1 Å². The fraction of sp³-hybridized carbons (Fsp3) is 0.643. The molecule has 2 rings (SSSR count). The number of aromatic nitrogens is 1. The number of aliphatic hydroxyl groups is 1. The van der Waals surface area contributed by atoms with E-state index in [1.54, 1.807) is 12.4 Å². The molecule has 0 radical (unpaired) electrons. The molecule has 0 saturated carbocycles. The van der Waals surface area contributed by atoms with Gasteiger partial charge in [-0.1, -0.05) is 0 Å². The molecule has 1 aliphatic rings. The summed E-state index contributed by atoms with van der Waals surface area (Å²) in [6.07, 6.45) is 3.32. The molecule has 0 bridgehead atoms. The fourth-order valence-electron chi connectivity index (χ4n) is 2.47. The third kappa shape index (κ3) is 5.24. The third-order valence-corrected chi connectivity index (χ3v) is 3.40. The molecular formula is C14H24N4O. The maximum absolute atomic E-state index is 10.1. The van der Waals surface area contributed by atoms with Crippen molar-refractivity contribution in [2.24, 2.45) is 0 Å². The Hall–Kier alpha value is -1.01. The Morgan fingerprint density at radius 3 is 2.74 bits per heavy atom. The van der Waals surface area contributed by atoms with Crippen molar-refractivity contribution in [2.45, 2.75) is 12.6 Å². The van der Waals surface area contributed by atoms with E-state index in [0.717, 1.165) is 39.3 Å². The topological polar surface area (TPSA) is 51.6 Å². The van der Waals surface area contributed by atoms with Crippen LogP contribution in [0.15, 0.2) is 24.5 Å². The minimum atomic E-state index is -0.287. The molecule has 2 heterocycles. The molecule has 0 spiro atoms. The minimum Gasteiger partial charge on any atom is -0.390 e. The first kappa shape index (κ1) is 14.4. The summed E-state index contributed by atoms with van der Waals surface area (Å²) in [5, 5.41) is 13.5. The zero-order valence-electron chi connectivity index (χ0n) is 11.6. The molecule has 1 atom stereocenters. The number of rotatable bonds is 6. The van der Waals surface area contributed by atoms with Gasteiger partial charge in [-0.2, -0.15) is 0 Å². The lowest BCUT2D eigenvalue weighted by Crippen LogP contribution is -2.47. The first-order valence-corrected chi connectivity index (χ1v) is 6.92. The summed E-state index contributed by atoms with van der Waals surface area (Å²) in [6.45, 7) is 6.44. The summed E-state index contributed by atoms with van der Waals surface area (Å²) in [7, 11) is 2.04. The maximum Gasteiger partial charge on any atom is 0.0793 e. The molecule has 0 amide bonds. The van der Waals surface area contributed by atoms with E-state index in [2.05, 4.69) is 20.1 Å². The molecule has 1 saturated heterocycles. The molecule has 106 valence electrons. The van der Waals surface area contributed by atoms with Crippen LogP contribution in [0.1, 0.15) is 5.56 Å². The molecule has 1 aromatic heterocycles. The van der Waals surface area contributed by atoms with Crippen LogP contribution in [0, 0.1) is 0 Å². The molecule has 0 aromatic carbocycles. The van der Waals surface area contributed by atoms with E-state index in [0.29, 0.717) is 6.54 Å². The van der Waals surface area contributed by atoms with E-state index < -0.39 is 0 Å². The number of hydrogen-bond donors (Lipinski definition) is 2. The minimum absolute atomic E-state index is 0.287. The molecule has 5 heteroatoms. The fourth-order valence-corrected chi connectivity index (χ4v) is 2.47. The van der Waals surface area contributed by atoms with Crippen LogP contribution >= 0.6 is 0 Å². The zero-order valence-corrected chi connectivity index (χ0v) is 11.6. The Morgan fingerprint density at radius 2 is 2.05 bits per heavy atom. The van der Waals surface area contributed by atoms with Crippen molar-refractivity contribution in [2.75, 3.05) is 46.3 Å². The average Bonchev–Trinajstić information content (AvgIpc) is 2.40. The molecule has 0 aliphatic carbocycles. The van der Waals surface area contributed by atoms with Crippen molar-refractivity contribution in [1.29, 1.82) is 0 Å². The summed E-state index contributed by atoms with van der Waals surface area (Å²) < 4.78 is 0. The number of β-amino-alcohol motifs (C(OH)–C–C–N with tert-alkyl or cyclic N) is 1. The Labute approximate surface area is 115 Å². The molecule has 1 unspecified atom stereocenters. The Morgan fingerprint density at radius 1 is 1.37 bits per heavy atom. The Kier molecular flexibility index (Phi) is 5.72. The summed E-state index contributed by atoms with van der Waals surface area (Å²) >= 11 is 0. The Balaban J connectivity index is 1.70. The molecule has 1 aliphatic heterocycles. The molecule has 1 fully saturated rings. The third-order valence-electron chi connectivity index (χ3n) is 3.40. The number of nitrogens with one attached hydrogen (secondary N) is 1. The Bertz CT molecular complexity index is 354. The van der Waals surface area contributed by atoms with E-state index in [-0.39, 0.29) is 6.10 Å². The highest BCUT2D eigenvalue weighted by atomic mass is 16.3. The summed E-state index contributed by atoms with van der Waals surface area (Å²) in [5.41, 5.74) is 1.23. The van der Waals surface area contributed by atoms with Gasteiger partial charge in [0.15, 0.2) is 0 Å². The number of pyridine rings is 1. The van der Waals surface area contributed by atoms with Gasteiger partial charge in [0, 0.05) is 58.2 Å². The summed E-state index contributed by atoms with van der Waals surface area (Å²) in [5.74, 6) is 0. The number of likely N-dealkylation sites (N-methyl/N-ethyl adjacent to an activating group) is 1. The van der Waals surface area contributed by atoms with Crippen LogP contribution in [0.3, 0.4) is 0 Å². The predicted octanol–water partition coefficient (Wildman–Crippen LogP) is -0.220. The lowest BCUT2D eigenvalue weighted by molar-refractivity contribution is 0.0752. The van der Waals surface area contributed by atoms with Crippen LogP contribution in [0.25, 0.3) is 0 Å². The molecule has 2 N–H and O–H groups in total. The number of nitrogens with zero attached hydrogens (tertiary/aromatic N) is 3. The van der Waals surface area contributed by atoms with E-state index in [1.807, 2.05) is 19.2 Å². The van der Waals surface area contributed by atoms with Gasteiger partial charge >= 0.3 is 0 Å². The van der Waals surface area contributed by atoms with Gasteiger partial charge < -0.3 is 10.4 Å². The monoisotopic (exact) mass is 264 g/mol. The molecular weight excluding hydrogens is 240 g/mol. The number of hydrogen-bond acceptors (Lipinski definition) is 5. The van der Waals surface area contributed by atoms with Gasteiger partial charge in [-0.25, -0.2) is 0 Å². The second-order valence-corrected chi connectivity index (χ2v) is 5.26. The van der Waals surface area contributed by atoms with Crippen molar-refractivity contribution in [3.63, 3.8) is 0 Å². The number of piperazine rings is 1. The van der Waals surface area contributed by atoms with Gasteiger partial charge in [0.05, 0.1) is 6.10 Å². The highest BCUT2D eigenvalue weighted by Crippen LogP contribution is 2.03. The highest BCUT2D eigenvalue weighted by molar-refractivity contribution is 5.09. The van der Waals surface area contributed by atoms with Crippen LogP contribution in [-0.2, 0) is 6.54 Å². The van der Waals surface area contributed by atoms with Crippen molar-refractivity contribution in [3.8, 4) is 0 Å². The van der Waals surface area contributed by atoms with Gasteiger partial charge in [-0.15, -0.1) is 0 Å². The first-order chi connectivity index (χ1) is 9.24. The van der Waals surface area contributed by atoms with Crippen molar-refractivity contribution < 1.29 is 5.11 Å². The maximum atomic E-state index is 10.1. The lowest BCUT2D eigenvalue weighted by Gasteiger charge is -2.30. The van der Waals surface area contributed by atoms with Crippen molar-refractivity contribution >= 4 is 0 Å². The summed E-state index contributed by atoms with van der Waals surface area (Å²) in [6, 6.07) is 4.03. The van der Waals surface area contributed by atoms with Gasteiger partial charge in [0.1, 0.15) is 0 Å². The smallest absolute Gasteiger partial charge is 0.0793 e. The van der Waals surface area contributed by atoms with E-state index >= 15 is 0 Å². The van der Waals surface area contributed by atoms with Gasteiger partial charge in [-0.3, -0.25) is 14.8 Å². The lowest BCUT2D eigenvalue weighted by atomic mass is 10.2. The largest absolute Gasteiger partial charge is 0.390 e. The van der Waals surface area contributed by atoms with E-state index in [1.165, 1.54) is 5.56 Å². The van der Waals surface area contributed by atoms with Crippen LogP contribution in [0.5, 0.6) is 0 Å². The molecule has 19 heavy (non-hydrogen) atoms. The standard InChI is InChI=1S/C14H24N4O/c1-17(10-13-2-4-15-5-3-13)11-14(19)12-18-8-6-16-7-9-18/h2-5,14,16,19H,6-12H2,1H3. The first-order valence-electron chi connectivity index (χ1n) is 6.92. The van der Waals surface area contributed by atoms with E-state index in [9.17, 15) is 5.11 Å². The van der Waals surface area contributed by atoms with E-state index in [4.69, 9.17) is 0 Å². The van der Waals surface area contributed by atoms with Crippen LogP contribution in [0.4, 0.5) is 0 Å². The number of aliphatic hydroxyl groups excluding tert-OH is 1. The van der Waals surface area contributed by atoms with Gasteiger partial charge in [0.25, 0.3) is 0 Å². The average molecular weight is 264 g/mol.